The van der Waals surface area contributed by atoms with Gasteiger partial charge in [0.05, 0.1) is 13.0 Å². The fourth-order valence-corrected chi connectivity index (χ4v) is 2.17. The van der Waals surface area contributed by atoms with E-state index in [0.717, 1.165) is 32.4 Å². The van der Waals surface area contributed by atoms with Crippen molar-refractivity contribution >= 4 is 11.7 Å². The van der Waals surface area contributed by atoms with Crippen LogP contribution in [0.1, 0.15) is 25.7 Å². The van der Waals surface area contributed by atoms with Crippen LogP contribution in [0.4, 0.5) is 0 Å². The van der Waals surface area contributed by atoms with Crippen LogP contribution in [-0.2, 0) is 14.3 Å². The van der Waals surface area contributed by atoms with E-state index in [-0.39, 0.29) is 23.5 Å². The minimum atomic E-state index is 0.00342. The highest BCUT2D eigenvalue weighted by Crippen LogP contribution is 2.49. The normalized spacial score (nSPS) is 23.7. The second-order valence-corrected chi connectivity index (χ2v) is 4.71. The number of nitrogens with zero attached hydrogens (tertiary/aromatic N) is 1. The minimum Gasteiger partial charge on any atom is -0.385 e. The van der Waals surface area contributed by atoms with Gasteiger partial charge in [0.15, 0.2) is 5.78 Å². The molecule has 0 spiro atoms. The molecule has 2 fully saturated rings. The van der Waals surface area contributed by atoms with E-state index in [4.69, 9.17) is 4.74 Å². The van der Waals surface area contributed by atoms with E-state index in [1.165, 1.54) is 0 Å². The van der Waals surface area contributed by atoms with Gasteiger partial charge in [-0.25, -0.2) is 0 Å². The molecule has 0 N–H and O–H groups in total. The van der Waals surface area contributed by atoms with Crippen LogP contribution in [0.15, 0.2) is 0 Å². The number of hydrogen-bond acceptors (Lipinski definition) is 3. The van der Waals surface area contributed by atoms with Gasteiger partial charge in [-0.1, -0.05) is 0 Å². The van der Waals surface area contributed by atoms with Crippen LogP contribution in [0.3, 0.4) is 0 Å². The van der Waals surface area contributed by atoms with Crippen molar-refractivity contribution in [2.24, 2.45) is 5.41 Å². The highest BCUT2D eigenvalue weighted by molar-refractivity contribution is 6.05. The lowest BCUT2D eigenvalue weighted by atomic mass is 10.0. The fraction of sp³-hybridized carbons (Fsp3) is 0.818. The molecular weight excluding hydrogens is 194 g/mol. The predicted molar refractivity (Wildman–Crippen MR) is 54.4 cm³/mol. The Balaban J connectivity index is 1.86. The molecular formula is C11H17NO3. The van der Waals surface area contributed by atoms with Crippen molar-refractivity contribution in [1.82, 2.24) is 4.90 Å². The molecule has 2 aliphatic rings. The van der Waals surface area contributed by atoms with Crippen molar-refractivity contribution in [3.63, 3.8) is 0 Å². The molecule has 0 aromatic heterocycles. The average Bonchev–Trinajstić information content (AvgIpc) is 2.87. The molecule has 0 unspecified atom stereocenters. The average molecular weight is 211 g/mol. The topological polar surface area (TPSA) is 46.6 Å². The summed E-state index contributed by atoms with van der Waals surface area (Å²) in [4.78, 5) is 24.2. The summed E-state index contributed by atoms with van der Waals surface area (Å²) in [6, 6.07) is 0. The molecule has 1 saturated carbocycles. The van der Waals surface area contributed by atoms with Crippen molar-refractivity contribution < 1.29 is 14.3 Å². The zero-order valence-electron chi connectivity index (χ0n) is 9.12. The summed E-state index contributed by atoms with van der Waals surface area (Å²) in [5.41, 5.74) is 0.260. The Morgan fingerprint density at radius 2 is 2.13 bits per heavy atom. The molecule has 0 radical (unpaired) electrons. The van der Waals surface area contributed by atoms with E-state index in [2.05, 4.69) is 0 Å². The molecule has 1 aliphatic carbocycles. The zero-order valence-corrected chi connectivity index (χ0v) is 9.12. The van der Waals surface area contributed by atoms with E-state index in [0.29, 0.717) is 6.54 Å². The number of likely N-dealkylation sites (tertiary alicyclic amines) is 1. The quantitative estimate of drug-likeness (QED) is 0.626. The van der Waals surface area contributed by atoms with E-state index in [1.807, 2.05) is 0 Å². The summed E-state index contributed by atoms with van der Waals surface area (Å²) in [6.07, 6.45) is 3.44. The third-order valence-electron chi connectivity index (χ3n) is 3.39. The van der Waals surface area contributed by atoms with Crippen LogP contribution in [0.2, 0.25) is 0 Å². The lowest BCUT2D eigenvalue weighted by Crippen LogP contribution is -2.32. The van der Waals surface area contributed by atoms with Gasteiger partial charge in [-0.15, -0.1) is 0 Å². The van der Waals surface area contributed by atoms with Gasteiger partial charge in [-0.05, 0) is 24.7 Å². The first-order valence-electron chi connectivity index (χ1n) is 5.44. The molecule has 84 valence electrons. The molecule has 4 nitrogen and oxygen atoms in total. The number of hydrogen-bond donors (Lipinski definition) is 0. The zero-order chi connectivity index (χ0) is 10.9. The summed E-state index contributed by atoms with van der Waals surface area (Å²) in [5.74, 6) is 0.0613. The Bertz CT molecular complexity index is 284. The number of carbonyl (C=O) groups is 2. The SMILES string of the molecule is COCCC1(CN2CC(=O)CC2=O)CC1. The maximum absolute atomic E-state index is 11.4. The predicted octanol–water partition coefficient (Wildman–Crippen LogP) is 0.605. The van der Waals surface area contributed by atoms with Crippen LogP contribution < -0.4 is 0 Å². The lowest BCUT2D eigenvalue weighted by molar-refractivity contribution is -0.128. The monoisotopic (exact) mass is 211 g/mol. The molecule has 0 bridgehead atoms. The van der Waals surface area contributed by atoms with Crippen molar-refractivity contribution in [2.45, 2.75) is 25.7 Å². The Labute approximate surface area is 89.6 Å². The number of amides is 1. The number of ether oxygens (including phenoxy) is 1. The second-order valence-electron chi connectivity index (χ2n) is 4.71. The molecule has 0 aromatic rings. The van der Waals surface area contributed by atoms with Gasteiger partial charge in [0.1, 0.15) is 0 Å². The van der Waals surface area contributed by atoms with Crippen molar-refractivity contribution in [3.8, 4) is 0 Å². The van der Waals surface area contributed by atoms with Gasteiger partial charge in [-0.2, -0.15) is 0 Å². The van der Waals surface area contributed by atoms with Crippen molar-refractivity contribution in [3.05, 3.63) is 0 Å². The molecule has 1 saturated heterocycles. The maximum Gasteiger partial charge on any atom is 0.230 e. The third kappa shape index (κ3) is 2.37. The lowest BCUT2D eigenvalue weighted by Gasteiger charge is -2.22. The number of ketones is 1. The van der Waals surface area contributed by atoms with E-state index in [9.17, 15) is 9.59 Å². The third-order valence-corrected chi connectivity index (χ3v) is 3.39. The molecule has 1 aliphatic heterocycles. The van der Waals surface area contributed by atoms with Crippen molar-refractivity contribution in [1.29, 1.82) is 0 Å². The van der Waals surface area contributed by atoms with Crippen LogP contribution in [0, 0.1) is 5.41 Å². The van der Waals surface area contributed by atoms with E-state index < -0.39 is 0 Å². The largest absolute Gasteiger partial charge is 0.385 e. The first-order chi connectivity index (χ1) is 7.15. The Hall–Kier alpha value is -0.900. The standard InChI is InChI=1S/C11H17NO3/c1-15-5-4-11(2-3-11)8-12-7-9(13)6-10(12)14/h2-8H2,1H3. The minimum absolute atomic E-state index is 0.00342. The Kier molecular flexibility index (Phi) is 2.78. The maximum atomic E-state index is 11.4. The molecule has 15 heavy (non-hydrogen) atoms. The molecule has 1 heterocycles. The van der Waals surface area contributed by atoms with Gasteiger partial charge in [0.25, 0.3) is 0 Å². The smallest absolute Gasteiger partial charge is 0.230 e. The molecule has 4 heteroatoms. The van der Waals surface area contributed by atoms with Gasteiger partial charge in [-0.3, -0.25) is 9.59 Å². The first-order valence-corrected chi connectivity index (χ1v) is 5.44. The van der Waals surface area contributed by atoms with Gasteiger partial charge in [0.2, 0.25) is 5.91 Å². The molecule has 1 amide bonds. The number of carbonyl (C=O) groups excluding carboxylic acids is 2. The summed E-state index contributed by atoms with van der Waals surface area (Å²) in [6.45, 7) is 1.82. The summed E-state index contributed by atoms with van der Waals surface area (Å²) in [5, 5.41) is 0. The van der Waals surface area contributed by atoms with Crippen LogP contribution in [0.5, 0.6) is 0 Å². The Morgan fingerprint density at radius 1 is 1.40 bits per heavy atom. The van der Waals surface area contributed by atoms with Crippen LogP contribution >= 0.6 is 0 Å². The summed E-state index contributed by atoms with van der Waals surface area (Å²) >= 11 is 0. The number of rotatable bonds is 5. The van der Waals surface area contributed by atoms with Crippen LogP contribution in [0.25, 0.3) is 0 Å². The van der Waals surface area contributed by atoms with Gasteiger partial charge < -0.3 is 9.64 Å². The first kappa shape index (κ1) is 10.6. The van der Waals surface area contributed by atoms with Gasteiger partial charge in [0, 0.05) is 20.3 Å². The van der Waals surface area contributed by atoms with Gasteiger partial charge >= 0.3 is 0 Å². The van der Waals surface area contributed by atoms with Crippen molar-refractivity contribution in [2.75, 3.05) is 26.8 Å². The number of Topliss-reactive ketones (excluding diaryl/α,β-unsaturated/α-hetero) is 1. The highest BCUT2D eigenvalue weighted by atomic mass is 16.5. The summed E-state index contributed by atoms with van der Waals surface area (Å²) < 4.78 is 5.06. The van der Waals surface area contributed by atoms with Crippen LogP contribution in [-0.4, -0.2) is 43.4 Å². The summed E-state index contributed by atoms with van der Waals surface area (Å²) in [7, 11) is 1.70. The second kappa shape index (κ2) is 3.93. The van der Waals surface area contributed by atoms with E-state index in [1.54, 1.807) is 12.0 Å². The van der Waals surface area contributed by atoms with E-state index >= 15 is 0 Å². The molecule has 0 atom stereocenters. The Morgan fingerprint density at radius 3 is 2.60 bits per heavy atom. The molecule has 0 aromatic carbocycles. The fourth-order valence-electron chi connectivity index (χ4n) is 2.17. The highest BCUT2D eigenvalue weighted by Gasteiger charge is 2.45. The number of methoxy groups -OCH3 is 1. The molecule has 2 rings (SSSR count).